The summed E-state index contributed by atoms with van der Waals surface area (Å²) in [5.74, 6) is -2.46. The lowest BCUT2D eigenvalue weighted by Gasteiger charge is -2.32. The van der Waals surface area contributed by atoms with E-state index in [1.165, 1.54) is 9.80 Å². The van der Waals surface area contributed by atoms with Gasteiger partial charge >= 0.3 is 5.97 Å². The zero-order chi connectivity index (χ0) is 27.9. The number of carboxylic acids is 1. The SMILES string of the molecule is N[C@H](CC(=O)N[C@@H](Cc1ccccc1)C(=O)N1C[C@H](O)C[C@H]1C(=O)N1CCC[C@H]1C(=O)O)Cc1ccccc1. The van der Waals surface area contributed by atoms with Crippen molar-refractivity contribution in [2.75, 3.05) is 13.1 Å². The number of aliphatic hydroxyl groups excluding tert-OH is 1. The van der Waals surface area contributed by atoms with Crippen LogP contribution < -0.4 is 11.1 Å². The van der Waals surface area contributed by atoms with E-state index in [9.17, 15) is 29.4 Å². The van der Waals surface area contributed by atoms with Crippen LogP contribution in [0.4, 0.5) is 0 Å². The number of rotatable bonds is 10. The average Bonchev–Trinajstić information content (AvgIpc) is 3.56. The zero-order valence-corrected chi connectivity index (χ0v) is 21.8. The molecule has 2 saturated heterocycles. The predicted octanol–water partition coefficient (Wildman–Crippen LogP) is 0.711. The molecule has 0 unspecified atom stereocenters. The van der Waals surface area contributed by atoms with Gasteiger partial charge in [0.1, 0.15) is 18.1 Å². The number of nitrogens with two attached hydrogens (primary N) is 1. The lowest BCUT2D eigenvalue weighted by Crippen LogP contribution is -2.56. The second kappa shape index (κ2) is 12.9. The number of benzene rings is 2. The van der Waals surface area contributed by atoms with E-state index < -0.39 is 48.1 Å². The number of β-amino-alcohol motifs (C(OH)–C–C–N with tert-alkyl or cyclic N) is 1. The summed E-state index contributed by atoms with van der Waals surface area (Å²) in [6, 6.07) is 15.4. The minimum absolute atomic E-state index is 0.00647. The highest BCUT2D eigenvalue weighted by molar-refractivity contribution is 5.94. The molecule has 0 saturated carbocycles. The smallest absolute Gasteiger partial charge is 0.326 e. The third-order valence-corrected chi connectivity index (χ3v) is 7.37. The molecule has 2 aliphatic heterocycles. The molecule has 5 atom stereocenters. The Kier molecular flexibility index (Phi) is 9.32. The van der Waals surface area contributed by atoms with Gasteiger partial charge in [-0.15, -0.1) is 0 Å². The minimum atomic E-state index is -1.08. The summed E-state index contributed by atoms with van der Waals surface area (Å²) < 4.78 is 0. The molecule has 0 spiro atoms. The Labute approximate surface area is 227 Å². The molecule has 0 radical (unpaired) electrons. The van der Waals surface area contributed by atoms with Crippen LogP contribution in [0.25, 0.3) is 0 Å². The molecule has 3 amide bonds. The van der Waals surface area contributed by atoms with Gasteiger partial charge in [0.05, 0.1) is 6.10 Å². The van der Waals surface area contributed by atoms with Gasteiger partial charge in [0.2, 0.25) is 17.7 Å². The molecule has 0 aromatic heterocycles. The van der Waals surface area contributed by atoms with Gasteiger partial charge in [0.15, 0.2) is 0 Å². The lowest BCUT2D eigenvalue weighted by molar-refractivity contribution is -0.152. The monoisotopic (exact) mass is 536 g/mol. The third kappa shape index (κ3) is 7.21. The largest absolute Gasteiger partial charge is 0.480 e. The van der Waals surface area contributed by atoms with E-state index in [-0.39, 0.29) is 38.3 Å². The molecule has 2 fully saturated rings. The molecule has 4 rings (SSSR count). The number of aliphatic carboxylic acids is 1. The number of hydrogen-bond donors (Lipinski definition) is 4. The van der Waals surface area contributed by atoms with Crippen LogP contribution >= 0.6 is 0 Å². The normalized spacial score (nSPS) is 22.4. The second-order valence-corrected chi connectivity index (χ2v) is 10.4. The first-order chi connectivity index (χ1) is 18.7. The summed E-state index contributed by atoms with van der Waals surface area (Å²) in [6.07, 6.45) is 0.687. The van der Waals surface area contributed by atoms with Crippen molar-refractivity contribution in [3.8, 4) is 0 Å². The molecule has 0 aliphatic carbocycles. The van der Waals surface area contributed by atoms with Gasteiger partial charge in [-0.3, -0.25) is 14.4 Å². The quantitative estimate of drug-likeness (QED) is 0.349. The summed E-state index contributed by atoms with van der Waals surface area (Å²) in [5.41, 5.74) is 8.05. The van der Waals surface area contributed by atoms with E-state index in [4.69, 9.17) is 5.73 Å². The van der Waals surface area contributed by atoms with Crippen LogP contribution in [0.2, 0.25) is 0 Å². The van der Waals surface area contributed by atoms with Crippen molar-refractivity contribution in [1.29, 1.82) is 0 Å². The second-order valence-electron chi connectivity index (χ2n) is 10.4. The Morgan fingerprint density at radius 3 is 2.15 bits per heavy atom. The third-order valence-electron chi connectivity index (χ3n) is 7.37. The van der Waals surface area contributed by atoms with Crippen LogP contribution in [0.1, 0.15) is 36.8 Å². The van der Waals surface area contributed by atoms with Crippen LogP contribution in [0.15, 0.2) is 60.7 Å². The zero-order valence-electron chi connectivity index (χ0n) is 21.8. The number of aliphatic hydroxyl groups is 1. The number of carboxylic acid groups (broad SMARTS) is 1. The molecular weight excluding hydrogens is 500 g/mol. The van der Waals surface area contributed by atoms with E-state index in [0.29, 0.717) is 19.3 Å². The molecule has 2 aliphatic rings. The van der Waals surface area contributed by atoms with Crippen molar-refractivity contribution in [2.24, 2.45) is 5.73 Å². The predicted molar refractivity (Wildman–Crippen MR) is 143 cm³/mol. The van der Waals surface area contributed by atoms with E-state index in [1.54, 1.807) is 0 Å². The Hall–Kier alpha value is -3.76. The Bertz CT molecular complexity index is 1160. The van der Waals surface area contributed by atoms with Crippen LogP contribution in [0.5, 0.6) is 0 Å². The van der Waals surface area contributed by atoms with Crippen molar-refractivity contribution in [3.63, 3.8) is 0 Å². The summed E-state index contributed by atoms with van der Waals surface area (Å²) in [4.78, 5) is 54.5. The molecule has 10 nitrogen and oxygen atoms in total. The molecule has 0 bridgehead atoms. The van der Waals surface area contributed by atoms with E-state index in [1.807, 2.05) is 60.7 Å². The first-order valence-corrected chi connectivity index (χ1v) is 13.4. The number of hydrogen-bond acceptors (Lipinski definition) is 6. The number of nitrogens with one attached hydrogen (secondary N) is 1. The first-order valence-electron chi connectivity index (χ1n) is 13.4. The number of nitrogens with zero attached hydrogens (tertiary/aromatic N) is 2. The summed E-state index contributed by atoms with van der Waals surface area (Å²) >= 11 is 0. The number of amides is 3. The maximum atomic E-state index is 13.8. The van der Waals surface area contributed by atoms with Crippen LogP contribution in [0.3, 0.4) is 0 Å². The average molecular weight is 537 g/mol. The van der Waals surface area contributed by atoms with Gasteiger partial charge in [-0.25, -0.2) is 4.79 Å². The highest BCUT2D eigenvalue weighted by atomic mass is 16.4. The van der Waals surface area contributed by atoms with Gasteiger partial charge < -0.3 is 31.1 Å². The fourth-order valence-electron chi connectivity index (χ4n) is 5.50. The molecular formula is C29H36N4O6. The minimum Gasteiger partial charge on any atom is -0.480 e. The van der Waals surface area contributed by atoms with Gasteiger partial charge in [-0.1, -0.05) is 60.7 Å². The van der Waals surface area contributed by atoms with Crippen LogP contribution in [-0.2, 0) is 32.0 Å². The van der Waals surface area contributed by atoms with Gasteiger partial charge in [-0.05, 0) is 30.4 Å². The van der Waals surface area contributed by atoms with E-state index in [0.717, 1.165) is 11.1 Å². The van der Waals surface area contributed by atoms with Crippen molar-refractivity contribution in [3.05, 3.63) is 71.8 Å². The Balaban J connectivity index is 1.49. The summed E-state index contributed by atoms with van der Waals surface area (Å²) in [7, 11) is 0. The highest BCUT2D eigenvalue weighted by Gasteiger charge is 2.46. The Morgan fingerprint density at radius 1 is 0.923 bits per heavy atom. The van der Waals surface area contributed by atoms with E-state index in [2.05, 4.69) is 5.32 Å². The van der Waals surface area contributed by atoms with Gasteiger partial charge in [0, 0.05) is 38.4 Å². The fourth-order valence-corrected chi connectivity index (χ4v) is 5.50. The number of carbonyl (C=O) groups is 4. The lowest BCUT2D eigenvalue weighted by atomic mass is 10.0. The first kappa shape index (κ1) is 28.3. The number of carbonyl (C=O) groups excluding carboxylic acids is 3. The van der Waals surface area contributed by atoms with Gasteiger partial charge in [0.25, 0.3) is 0 Å². The van der Waals surface area contributed by atoms with E-state index >= 15 is 0 Å². The summed E-state index contributed by atoms with van der Waals surface area (Å²) in [6.45, 7) is 0.212. The molecule has 10 heteroatoms. The molecule has 2 aromatic carbocycles. The van der Waals surface area contributed by atoms with Crippen LogP contribution in [0, 0.1) is 0 Å². The van der Waals surface area contributed by atoms with Crippen molar-refractivity contribution in [1.82, 2.24) is 15.1 Å². The molecule has 39 heavy (non-hydrogen) atoms. The Morgan fingerprint density at radius 2 is 1.54 bits per heavy atom. The topological polar surface area (TPSA) is 153 Å². The standard InChI is InChI=1S/C29H36N4O6/c30-21(14-19-8-3-1-4-9-19)16-26(35)31-23(15-20-10-5-2-6-11-20)27(36)33-18-22(34)17-25(33)28(37)32-13-7-12-24(32)29(38)39/h1-6,8-11,21-25,34H,7,12-18,30H2,(H,31,35)(H,38,39)/t21-,22+,23-,24-,25-/m0/s1. The maximum Gasteiger partial charge on any atom is 0.326 e. The van der Waals surface area contributed by atoms with Crippen molar-refractivity contribution >= 4 is 23.7 Å². The number of likely N-dealkylation sites (tertiary alicyclic amines) is 2. The molecule has 2 aromatic rings. The van der Waals surface area contributed by atoms with Gasteiger partial charge in [-0.2, -0.15) is 0 Å². The summed E-state index contributed by atoms with van der Waals surface area (Å²) in [5, 5.41) is 22.8. The van der Waals surface area contributed by atoms with Crippen molar-refractivity contribution < 1.29 is 29.4 Å². The molecule has 5 N–H and O–H groups in total. The van der Waals surface area contributed by atoms with Crippen LogP contribution in [-0.4, -0.2) is 87.1 Å². The fraction of sp³-hybridized carbons (Fsp3) is 0.448. The highest BCUT2D eigenvalue weighted by Crippen LogP contribution is 2.26. The maximum absolute atomic E-state index is 13.8. The van der Waals surface area contributed by atoms with Crippen molar-refractivity contribution in [2.45, 2.75) is 68.8 Å². The molecule has 2 heterocycles. The molecule has 208 valence electrons.